The van der Waals surface area contributed by atoms with E-state index in [1.807, 2.05) is 27.7 Å². The van der Waals surface area contributed by atoms with E-state index in [9.17, 15) is 0 Å². The molecule has 0 fully saturated rings. The van der Waals surface area contributed by atoms with Crippen molar-refractivity contribution in [3.05, 3.63) is 48.5 Å². The topological polar surface area (TPSA) is 4.93 Å². The lowest BCUT2D eigenvalue weighted by Gasteiger charge is -2.05. The summed E-state index contributed by atoms with van der Waals surface area (Å²) >= 11 is 0. The number of rotatable bonds is 3. The van der Waals surface area contributed by atoms with Gasteiger partial charge < -0.3 is 4.57 Å². The summed E-state index contributed by atoms with van der Waals surface area (Å²) in [6.45, 7) is 10.3. The molecule has 4 rings (SSSR count). The molecule has 29 heavy (non-hydrogen) atoms. The Morgan fingerprint density at radius 2 is 1.00 bits per heavy atom. The van der Waals surface area contributed by atoms with Crippen LogP contribution in [-0.4, -0.2) is 14.1 Å². The molecule has 1 heterocycles. The molecular weight excluding hydrogens is 366 g/mol. The predicted octanol–water partition coefficient (Wildman–Crippen LogP) is 9.82. The van der Waals surface area contributed by atoms with Gasteiger partial charge in [0.25, 0.3) is 0 Å². The van der Waals surface area contributed by atoms with Crippen LogP contribution in [-0.2, 0) is 6.17 Å². The lowest BCUT2D eigenvalue weighted by molar-refractivity contribution is 0.957. The van der Waals surface area contributed by atoms with Crippen LogP contribution in [0.3, 0.4) is 0 Å². The van der Waals surface area contributed by atoms with Crippen LogP contribution < -0.4 is 0 Å². The van der Waals surface area contributed by atoms with Crippen LogP contribution in [0.15, 0.2) is 48.5 Å². The van der Waals surface area contributed by atoms with Crippen molar-refractivity contribution < 1.29 is 0 Å². The molecule has 0 N–H and O–H groups in total. The van der Waals surface area contributed by atoms with Gasteiger partial charge in [0.05, 0.1) is 0 Å². The molecule has 0 saturated heterocycles. The van der Waals surface area contributed by atoms with E-state index in [-0.39, 0.29) is 54.1 Å². The first-order valence-corrected chi connectivity index (χ1v) is 11.1. The van der Waals surface area contributed by atoms with Crippen molar-refractivity contribution in [3.8, 4) is 0 Å². The molecule has 0 saturated carbocycles. The number of hydrogen-bond donors (Lipinski definition) is 0. The first-order chi connectivity index (χ1) is 11.4. The molecule has 0 atom stereocenters. The van der Waals surface area contributed by atoms with E-state index in [1.54, 1.807) is 0 Å². The standard InChI is InChI=1S/C17H17NSi.2C2H6.6CH4/c1-2-19-11-18-14-7-3-5-12-9-10-13-6-4-8-15(18)17(13)16(12)14;2*1-2;;;;;;/h3-10H,2,11,19H2,1H3;2*1-2H3;6*1H4. The molecule has 0 radical (unpaired) electrons. The van der Waals surface area contributed by atoms with E-state index in [2.05, 4.69) is 60.0 Å². The van der Waals surface area contributed by atoms with Crippen LogP contribution in [0.5, 0.6) is 0 Å². The van der Waals surface area contributed by atoms with Gasteiger partial charge in [-0.1, -0.05) is 122 Å². The van der Waals surface area contributed by atoms with E-state index in [1.165, 1.54) is 44.8 Å². The Kier molecular flexibility index (Phi) is 23.8. The third-order valence-electron chi connectivity index (χ3n) is 4.16. The minimum Gasteiger partial charge on any atom is -0.344 e. The summed E-state index contributed by atoms with van der Waals surface area (Å²) in [5.74, 6) is 0. The fourth-order valence-corrected chi connectivity index (χ4v) is 4.37. The van der Waals surface area contributed by atoms with E-state index in [0.29, 0.717) is 0 Å². The van der Waals surface area contributed by atoms with Crippen LogP contribution >= 0.6 is 0 Å². The zero-order chi connectivity index (χ0) is 16.8. The zero-order valence-electron chi connectivity index (χ0n) is 15.2. The van der Waals surface area contributed by atoms with E-state index in [0.717, 1.165) is 0 Å². The number of hydrogen-bond acceptors (Lipinski definition) is 0. The minimum absolute atomic E-state index is 0. The van der Waals surface area contributed by atoms with Gasteiger partial charge in [-0.15, -0.1) is 0 Å². The SMILES string of the molecule is C.C.C.C.C.C.CC.CC.CC[SiH2]Cn1c2cccc3ccc4cccc1c4c32. The summed E-state index contributed by atoms with van der Waals surface area (Å²) in [6.07, 6.45) is 1.25. The summed E-state index contributed by atoms with van der Waals surface area (Å²) < 4.78 is 2.56. The summed E-state index contributed by atoms with van der Waals surface area (Å²) in [6, 6.07) is 19.3. The van der Waals surface area contributed by atoms with Crippen LogP contribution in [0.2, 0.25) is 6.04 Å². The van der Waals surface area contributed by atoms with Crippen LogP contribution in [0.4, 0.5) is 0 Å². The van der Waals surface area contributed by atoms with Crippen LogP contribution in [0.1, 0.15) is 79.2 Å². The van der Waals surface area contributed by atoms with Crippen molar-refractivity contribution in [2.75, 3.05) is 0 Å². The third-order valence-corrected chi connectivity index (χ3v) is 5.63. The van der Waals surface area contributed by atoms with Crippen LogP contribution in [0.25, 0.3) is 32.6 Å². The van der Waals surface area contributed by atoms with Gasteiger partial charge in [0, 0.05) is 37.5 Å². The number of nitrogens with zero attached hydrogens (tertiary/aromatic N) is 1. The Hall–Kier alpha value is -1.80. The Balaban J connectivity index is -0.000000182. The van der Waals surface area contributed by atoms with Crippen molar-refractivity contribution in [3.63, 3.8) is 0 Å². The van der Waals surface area contributed by atoms with Crippen molar-refractivity contribution in [2.45, 2.75) is 91.4 Å². The van der Waals surface area contributed by atoms with Gasteiger partial charge in [0.15, 0.2) is 0 Å². The van der Waals surface area contributed by atoms with Gasteiger partial charge in [-0.3, -0.25) is 0 Å². The summed E-state index contributed by atoms with van der Waals surface area (Å²) in [5, 5.41) is 5.66. The monoisotopic (exact) mass is 419 g/mol. The second kappa shape index (κ2) is 18.2. The Morgan fingerprint density at radius 3 is 1.34 bits per heavy atom. The quantitative estimate of drug-likeness (QED) is 0.230. The fraction of sp³-hybridized carbons (Fsp3) is 0.481. The average molecular weight is 420 g/mol. The highest BCUT2D eigenvalue weighted by Gasteiger charge is 2.13. The number of aromatic nitrogens is 1. The van der Waals surface area contributed by atoms with Crippen LogP contribution in [0, 0.1) is 0 Å². The lowest BCUT2D eigenvalue weighted by Crippen LogP contribution is -2.03. The van der Waals surface area contributed by atoms with E-state index >= 15 is 0 Å². The molecule has 3 aromatic carbocycles. The molecule has 0 spiro atoms. The van der Waals surface area contributed by atoms with Crippen molar-refractivity contribution in [1.82, 2.24) is 4.57 Å². The smallest absolute Gasteiger partial charge is 0.0494 e. The van der Waals surface area contributed by atoms with E-state index < -0.39 is 0 Å². The second-order valence-corrected chi connectivity index (χ2v) is 7.48. The van der Waals surface area contributed by atoms with Crippen molar-refractivity contribution in [1.29, 1.82) is 0 Å². The number of benzene rings is 3. The predicted molar refractivity (Wildman–Crippen MR) is 150 cm³/mol. The third kappa shape index (κ3) is 6.89. The molecule has 2 heteroatoms. The Bertz CT molecular complexity index is 793. The normalized spacial score (nSPS) is 8.72. The second-order valence-electron chi connectivity index (χ2n) is 5.32. The molecule has 0 amide bonds. The summed E-state index contributed by atoms with van der Waals surface area (Å²) in [5.41, 5.74) is 2.84. The fourth-order valence-electron chi connectivity index (χ4n) is 3.25. The van der Waals surface area contributed by atoms with Crippen molar-refractivity contribution >= 4 is 42.1 Å². The molecule has 0 aliphatic rings. The maximum atomic E-state index is 2.56. The molecule has 170 valence electrons. The molecule has 0 unspecified atom stereocenters. The first kappa shape index (κ1) is 37.9. The first-order valence-electron chi connectivity index (χ1n) is 9.12. The molecule has 4 aromatic rings. The zero-order valence-corrected chi connectivity index (χ0v) is 16.6. The lowest BCUT2D eigenvalue weighted by atomic mass is 10.0. The van der Waals surface area contributed by atoms with Gasteiger partial charge in [0.1, 0.15) is 0 Å². The van der Waals surface area contributed by atoms with Gasteiger partial charge in [-0.25, -0.2) is 0 Å². The highest BCUT2D eigenvalue weighted by Crippen LogP contribution is 2.36. The molecule has 1 aromatic heterocycles. The highest BCUT2D eigenvalue weighted by molar-refractivity contribution is 6.34. The maximum absolute atomic E-state index is 2.56. The van der Waals surface area contributed by atoms with Gasteiger partial charge >= 0.3 is 0 Å². The molecular formula is C27H53NSi. The van der Waals surface area contributed by atoms with E-state index in [4.69, 9.17) is 0 Å². The Labute approximate surface area is 186 Å². The molecule has 1 nitrogen and oxygen atoms in total. The van der Waals surface area contributed by atoms with Crippen molar-refractivity contribution in [2.24, 2.45) is 0 Å². The molecule has 0 aliphatic heterocycles. The Morgan fingerprint density at radius 1 is 0.621 bits per heavy atom. The molecule has 0 aliphatic carbocycles. The largest absolute Gasteiger partial charge is 0.344 e. The highest BCUT2D eigenvalue weighted by atomic mass is 28.2. The average Bonchev–Trinajstić information content (AvgIpc) is 2.97. The summed E-state index contributed by atoms with van der Waals surface area (Å²) in [7, 11) is 0.0147. The molecule has 0 bridgehead atoms. The van der Waals surface area contributed by atoms with Gasteiger partial charge in [-0.05, 0) is 22.9 Å². The summed E-state index contributed by atoms with van der Waals surface area (Å²) in [4.78, 5) is 0. The van der Waals surface area contributed by atoms with Gasteiger partial charge in [0.2, 0.25) is 0 Å². The maximum Gasteiger partial charge on any atom is 0.0494 e. The van der Waals surface area contributed by atoms with Gasteiger partial charge in [-0.2, -0.15) is 0 Å². The minimum atomic E-state index is 0.